The summed E-state index contributed by atoms with van der Waals surface area (Å²) in [4.78, 5) is 9.41. The predicted octanol–water partition coefficient (Wildman–Crippen LogP) is 3.41. The fourth-order valence-electron chi connectivity index (χ4n) is 2.53. The normalized spacial score (nSPS) is 17.7. The molecule has 1 aliphatic rings. The first-order valence-corrected chi connectivity index (χ1v) is 8.42. The number of hydrogen-bond donors (Lipinski definition) is 1. The quantitative estimate of drug-likeness (QED) is 0.845. The fourth-order valence-corrected chi connectivity index (χ4v) is 2.85. The van der Waals surface area contributed by atoms with Crippen LogP contribution in [-0.2, 0) is 15.1 Å². The lowest BCUT2D eigenvalue weighted by atomic mass is 9.92. The van der Waals surface area contributed by atoms with E-state index in [-0.39, 0.29) is 0 Å². The van der Waals surface area contributed by atoms with E-state index in [2.05, 4.69) is 33.2 Å². The van der Waals surface area contributed by atoms with Gasteiger partial charge in [-0.15, -0.1) is 0 Å². The van der Waals surface area contributed by atoms with Crippen molar-refractivity contribution in [1.29, 1.82) is 0 Å². The van der Waals surface area contributed by atoms with Crippen LogP contribution >= 0.6 is 15.9 Å². The van der Waals surface area contributed by atoms with Crippen molar-refractivity contribution in [3.63, 3.8) is 0 Å². The molecule has 0 amide bonds. The number of nitrogens with one attached hydrogen (secondary N) is 1. The molecule has 0 saturated carbocycles. The predicted molar refractivity (Wildman–Crippen MR) is 86.6 cm³/mol. The molecule has 118 valence electrons. The first kappa shape index (κ1) is 16.6. The third kappa shape index (κ3) is 3.73. The Morgan fingerprint density at radius 3 is 2.62 bits per heavy atom. The van der Waals surface area contributed by atoms with E-state index in [1.54, 1.807) is 0 Å². The van der Waals surface area contributed by atoms with Crippen LogP contribution < -0.4 is 5.32 Å². The van der Waals surface area contributed by atoms with Crippen molar-refractivity contribution in [3.8, 4) is 0 Å². The highest BCUT2D eigenvalue weighted by molar-refractivity contribution is 9.10. The van der Waals surface area contributed by atoms with Crippen molar-refractivity contribution in [2.24, 2.45) is 0 Å². The monoisotopic (exact) mass is 357 g/mol. The zero-order valence-electron chi connectivity index (χ0n) is 13.0. The van der Waals surface area contributed by atoms with Crippen LogP contribution in [0.4, 0.5) is 5.82 Å². The van der Waals surface area contributed by atoms with E-state index < -0.39 is 5.60 Å². The van der Waals surface area contributed by atoms with Crippen LogP contribution in [0.1, 0.15) is 44.6 Å². The second-order valence-corrected chi connectivity index (χ2v) is 6.05. The number of hydrogen-bond acceptors (Lipinski definition) is 5. The molecular weight excluding hydrogens is 334 g/mol. The Labute approximate surface area is 135 Å². The molecule has 1 fully saturated rings. The average molecular weight is 358 g/mol. The van der Waals surface area contributed by atoms with Crippen molar-refractivity contribution in [2.75, 3.05) is 31.7 Å². The van der Waals surface area contributed by atoms with Gasteiger partial charge in [0.15, 0.2) is 5.82 Å². The Morgan fingerprint density at radius 2 is 2.00 bits per heavy atom. The zero-order chi connectivity index (χ0) is 15.3. The Bertz CT molecular complexity index is 471. The summed E-state index contributed by atoms with van der Waals surface area (Å²) in [5.41, 5.74) is 0.519. The van der Waals surface area contributed by atoms with E-state index in [1.807, 2.05) is 13.8 Å². The summed E-state index contributed by atoms with van der Waals surface area (Å²) in [6.45, 7) is 9.06. The van der Waals surface area contributed by atoms with Gasteiger partial charge < -0.3 is 14.8 Å². The molecule has 2 rings (SSSR count). The van der Waals surface area contributed by atoms with E-state index in [0.717, 1.165) is 47.6 Å². The second kappa shape index (κ2) is 7.51. The fraction of sp³-hybridized carbons (Fsp3) is 0.733. The molecule has 0 atom stereocenters. The lowest BCUT2D eigenvalue weighted by Gasteiger charge is -2.35. The van der Waals surface area contributed by atoms with Crippen LogP contribution in [-0.4, -0.2) is 36.3 Å². The van der Waals surface area contributed by atoms with Crippen molar-refractivity contribution in [3.05, 3.63) is 16.0 Å². The van der Waals surface area contributed by atoms with E-state index in [0.29, 0.717) is 19.8 Å². The number of anilines is 1. The van der Waals surface area contributed by atoms with Gasteiger partial charge in [-0.3, -0.25) is 0 Å². The number of rotatable bonds is 6. The minimum atomic E-state index is -0.416. The molecule has 1 aromatic heterocycles. The first-order valence-electron chi connectivity index (χ1n) is 7.63. The topological polar surface area (TPSA) is 56.3 Å². The molecule has 0 unspecified atom stereocenters. The summed E-state index contributed by atoms with van der Waals surface area (Å²) in [5.74, 6) is 1.62. The summed E-state index contributed by atoms with van der Waals surface area (Å²) >= 11 is 3.57. The molecule has 21 heavy (non-hydrogen) atoms. The smallest absolute Gasteiger partial charge is 0.163 e. The van der Waals surface area contributed by atoms with Crippen LogP contribution in [0.15, 0.2) is 4.47 Å². The molecule has 5 nitrogen and oxygen atoms in total. The maximum absolute atomic E-state index is 6.06. The average Bonchev–Trinajstić information content (AvgIpc) is 2.50. The van der Waals surface area contributed by atoms with Gasteiger partial charge in [0.2, 0.25) is 0 Å². The number of halogens is 1. The number of aryl methyl sites for hydroxylation is 1. The molecule has 1 aliphatic heterocycles. The van der Waals surface area contributed by atoms with Gasteiger partial charge in [-0.1, -0.05) is 6.92 Å². The minimum absolute atomic E-state index is 0.416. The molecule has 0 aromatic carbocycles. The lowest BCUT2D eigenvalue weighted by molar-refractivity contribution is -0.117. The van der Waals surface area contributed by atoms with Gasteiger partial charge in [0.05, 0.1) is 10.2 Å². The lowest BCUT2D eigenvalue weighted by Crippen LogP contribution is -2.38. The van der Waals surface area contributed by atoms with Crippen molar-refractivity contribution < 1.29 is 9.47 Å². The maximum atomic E-state index is 6.06. The highest BCUT2D eigenvalue weighted by atomic mass is 79.9. The summed E-state index contributed by atoms with van der Waals surface area (Å²) in [6.07, 6.45) is 2.65. The van der Waals surface area contributed by atoms with Crippen LogP contribution in [0, 0.1) is 6.92 Å². The summed E-state index contributed by atoms with van der Waals surface area (Å²) in [6, 6.07) is 0. The zero-order valence-corrected chi connectivity index (χ0v) is 14.6. The molecule has 1 N–H and O–H groups in total. The third-order valence-corrected chi connectivity index (χ3v) is 4.64. The highest BCUT2D eigenvalue weighted by Gasteiger charge is 2.38. The number of ether oxygens (including phenoxy) is 2. The molecule has 0 spiro atoms. The van der Waals surface area contributed by atoms with Crippen LogP contribution in [0.3, 0.4) is 0 Å². The van der Waals surface area contributed by atoms with Crippen molar-refractivity contribution >= 4 is 21.7 Å². The summed E-state index contributed by atoms with van der Waals surface area (Å²) < 4.78 is 12.5. The Balaban J connectivity index is 2.37. The number of aromatic nitrogens is 2. The molecule has 0 bridgehead atoms. The Kier molecular flexibility index (Phi) is 5.96. The second-order valence-electron chi connectivity index (χ2n) is 5.26. The number of nitrogens with zero attached hydrogens (tertiary/aromatic N) is 2. The molecule has 1 aromatic rings. The van der Waals surface area contributed by atoms with Gasteiger partial charge in [0.1, 0.15) is 11.4 Å². The van der Waals surface area contributed by atoms with E-state index in [9.17, 15) is 0 Å². The van der Waals surface area contributed by atoms with E-state index in [1.165, 1.54) is 0 Å². The Morgan fingerprint density at radius 1 is 1.29 bits per heavy atom. The molecule has 0 aliphatic carbocycles. The Hall–Kier alpha value is -0.720. The maximum Gasteiger partial charge on any atom is 0.163 e. The third-order valence-electron chi connectivity index (χ3n) is 3.69. The van der Waals surface area contributed by atoms with Crippen LogP contribution in [0.5, 0.6) is 0 Å². The molecule has 0 radical (unpaired) electrons. The van der Waals surface area contributed by atoms with Gasteiger partial charge >= 0.3 is 0 Å². The standard InChI is InChI=1S/C15H24BrN3O2/c1-4-8-17-13-12(16)11(3)18-14(19-13)15(21-5-2)6-9-20-10-7-15/h4-10H2,1-3H3,(H,17,18,19). The minimum Gasteiger partial charge on any atom is -0.381 e. The summed E-state index contributed by atoms with van der Waals surface area (Å²) in [5, 5.41) is 3.36. The van der Waals surface area contributed by atoms with Crippen molar-refractivity contribution in [2.45, 2.75) is 45.6 Å². The molecular formula is C15H24BrN3O2. The van der Waals surface area contributed by atoms with Gasteiger partial charge in [0.25, 0.3) is 0 Å². The molecule has 1 saturated heterocycles. The van der Waals surface area contributed by atoms with Crippen LogP contribution in [0.2, 0.25) is 0 Å². The summed E-state index contributed by atoms with van der Waals surface area (Å²) in [7, 11) is 0. The SMILES string of the molecule is CCCNc1nc(C2(OCC)CCOCC2)nc(C)c1Br. The van der Waals surface area contributed by atoms with E-state index >= 15 is 0 Å². The van der Waals surface area contributed by atoms with Gasteiger partial charge in [-0.05, 0) is 36.2 Å². The van der Waals surface area contributed by atoms with Crippen molar-refractivity contribution in [1.82, 2.24) is 9.97 Å². The van der Waals surface area contributed by atoms with Gasteiger partial charge in [0, 0.05) is 39.2 Å². The van der Waals surface area contributed by atoms with Gasteiger partial charge in [-0.2, -0.15) is 0 Å². The highest BCUT2D eigenvalue weighted by Crippen LogP contribution is 2.36. The van der Waals surface area contributed by atoms with Gasteiger partial charge in [-0.25, -0.2) is 9.97 Å². The van der Waals surface area contributed by atoms with Crippen LogP contribution in [0.25, 0.3) is 0 Å². The van der Waals surface area contributed by atoms with E-state index in [4.69, 9.17) is 14.5 Å². The largest absolute Gasteiger partial charge is 0.381 e. The molecule has 2 heterocycles. The molecule has 6 heteroatoms. The first-order chi connectivity index (χ1) is 10.1.